The number of aliphatic imine (C=N–C) groups is 1. The van der Waals surface area contributed by atoms with Crippen LogP contribution in [0.15, 0.2) is 70.6 Å². The molecule has 1 aliphatic rings. The maximum absolute atomic E-state index is 12.4. The maximum atomic E-state index is 12.4. The second kappa shape index (κ2) is 10.4. The number of amidine groups is 1. The molecule has 1 heterocycles. The van der Waals surface area contributed by atoms with Gasteiger partial charge < -0.3 is 10.1 Å². The number of rotatable bonds is 7. The van der Waals surface area contributed by atoms with E-state index in [9.17, 15) is 25.0 Å². The minimum atomic E-state index is -0.740. The molecule has 3 aromatic rings. The number of non-ortho nitro benzene ring substituents is 1. The Labute approximate surface area is 210 Å². The van der Waals surface area contributed by atoms with Crippen LogP contribution in [-0.2, 0) is 11.3 Å². The highest BCUT2D eigenvalue weighted by Gasteiger charge is 2.24. The summed E-state index contributed by atoms with van der Waals surface area (Å²) in [6, 6.07) is 15.9. The molecular formula is C25H20N4O6S. The maximum Gasteiger partial charge on any atom is 0.318 e. The van der Waals surface area contributed by atoms with Crippen molar-refractivity contribution in [2.24, 2.45) is 4.99 Å². The standard InChI is InChI=1S/C25H20N4O6S/c1-15-9-16(2)11-18(10-15)14-26-25-27-24(30)23(36-25)12-17-3-6-20(7-4-17)35-22-8-5-19(28(31)32)13-21(22)29(33)34/h3-13H,14H2,1-2H3,(H,26,27,30)/b23-12-. The number of hydrogen-bond donors (Lipinski definition) is 1. The van der Waals surface area contributed by atoms with Crippen molar-refractivity contribution in [2.45, 2.75) is 20.4 Å². The first-order valence-corrected chi connectivity index (χ1v) is 11.5. The molecule has 0 unspecified atom stereocenters. The molecule has 10 nitrogen and oxygen atoms in total. The molecule has 4 rings (SSSR count). The van der Waals surface area contributed by atoms with Gasteiger partial charge in [-0.2, -0.15) is 0 Å². The summed E-state index contributed by atoms with van der Waals surface area (Å²) in [7, 11) is 0. The molecule has 3 aromatic carbocycles. The molecule has 1 aliphatic heterocycles. The van der Waals surface area contributed by atoms with Crippen LogP contribution in [0.3, 0.4) is 0 Å². The highest BCUT2D eigenvalue weighted by Crippen LogP contribution is 2.35. The van der Waals surface area contributed by atoms with E-state index in [0.717, 1.165) is 28.8 Å². The van der Waals surface area contributed by atoms with E-state index in [0.29, 0.717) is 27.9 Å². The first kappa shape index (κ1) is 24.6. The summed E-state index contributed by atoms with van der Waals surface area (Å²) in [6.45, 7) is 4.51. The van der Waals surface area contributed by atoms with E-state index in [1.807, 2.05) is 13.8 Å². The zero-order valence-electron chi connectivity index (χ0n) is 19.3. The summed E-state index contributed by atoms with van der Waals surface area (Å²) in [5.41, 5.74) is 3.18. The summed E-state index contributed by atoms with van der Waals surface area (Å²) < 4.78 is 5.57. The van der Waals surface area contributed by atoms with Crippen molar-refractivity contribution >= 4 is 40.3 Å². The fourth-order valence-electron chi connectivity index (χ4n) is 3.58. The SMILES string of the molecule is Cc1cc(C)cc(CN=C2NC(=O)/C(=C/c3ccc(Oc4ccc([N+](=O)[O-])cc4[N+](=O)[O-])cc3)S2)c1. The van der Waals surface area contributed by atoms with Gasteiger partial charge >= 0.3 is 5.69 Å². The number of thioether (sulfide) groups is 1. The van der Waals surface area contributed by atoms with Crippen molar-refractivity contribution in [3.05, 3.63) is 108 Å². The lowest BCUT2D eigenvalue weighted by Crippen LogP contribution is -2.19. The van der Waals surface area contributed by atoms with Gasteiger partial charge in [0.15, 0.2) is 5.17 Å². The third-order valence-electron chi connectivity index (χ3n) is 5.09. The molecular weight excluding hydrogens is 484 g/mol. The van der Waals surface area contributed by atoms with Crippen molar-refractivity contribution in [3.8, 4) is 11.5 Å². The molecule has 0 radical (unpaired) electrons. The van der Waals surface area contributed by atoms with Crippen LogP contribution in [0.2, 0.25) is 0 Å². The van der Waals surface area contributed by atoms with E-state index in [1.165, 1.54) is 17.8 Å². The minimum absolute atomic E-state index is 0.118. The summed E-state index contributed by atoms with van der Waals surface area (Å²) in [5.74, 6) is -0.0681. The Morgan fingerprint density at radius 2 is 1.67 bits per heavy atom. The summed E-state index contributed by atoms with van der Waals surface area (Å²) in [4.78, 5) is 38.1. The van der Waals surface area contributed by atoms with Gasteiger partial charge in [0.1, 0.15) is 5.75 Å². The zero-order chi connectivity index (χ0) is 25.8. The van der Waals surface area contributed by atoms with Crippen LogP contribution < -0.4 is 10.1 Å². The first-order chi connectivity index (χ1) is 17.2. The Bertz CT molecular complexity index is 1410. The fraction of sp³-hybridized carbons (Fsp3) is 0.120. The number of nitro groups is 2. The summed E-state index contributed by atoms with van der Waals surface area (Å²) in [5, 5.41) is 25.5. The van der Waals surface area contributed by atoms with Crippen molar-refractivity contribution in [1.82, 2.24) is 5.32 Å². The Hall–Kier alpha value is -4.51. The van der Waals surface area contributed by atoms with Gasteiger partial charge in [0, 0.05) is 6.07 Å². The molecule has 0 saturated carbocycles. The van der Waals surface area contributed by atoms with Gasteiger partial charge in [-0.15, -0.1) is 0 Å². The number of ether oxygens (including phenoxy) is 1. The number of nitrogens with one attached hydrogen (secondary N) is 1. The van der Waals surface area contributed by atoms with Crippen molar-refractivity contribution in [3.63, 3.8) is 0 Å². The third-order valence-corrected chi connectivity index (χ3v) is 6.04. The highest BCUT2D eigenvalue weighted by atomic mass is 32.2. The Balaban J connectivity index is 1.45. The molecule has 0 spiro atoms. The third kappa shape index (κ3) is 5.94. The average molecular weight is 505 g/mol. The monoisotopic (exact) mass is 504 g/mol. The molecule has 1 fully saturated rings. The second-order valence-electron chi connectivity index (χ2n) is 8.02. The Kier molecular flexibility index (Phi) is 7.11. The van der Waals surface area contributed by atoms with Gasteiger partial charge in [0.2, 0.25) is 5.75 Å². The predicted molar refractivity (Wildman–Crippen MR) is 137 cm³/mol. The topological polar surface area (TPSA) is 137 Å². The van der Waals surface area contributed by atoms with Gasteiger partial charge in [-0.1, -0.05) is 41.5 Å². The highest BCUT2D eigenvalue weighted by molar-refractivity contribution is 8.18. The second-order valence-corrected chi connectivity index (χ2v) is 9.05. The van der Waals surface area contributed by atoms with Gasteiger partial charge in [0.25, 0.3) is 11.6 Å². The molecule has 36 heavy (non-hydrogen) atoms. The number of carbonyl (C=O) groups is 1. The van der Waals surface area contributed by atoms with Gasteiger partial charge in [-0.05, 0) is 61.0 Å². The number of benzene rings is 3. The van der Waals surface area contributed by atoms with Crippen LogP contribution in [0.5, 0.6) is 11.5 Å². The van der Waals surface area contributed by atoms with Crippen LogP contribution >= 0.6 is 11.8 Å². The quantitative estimate of drug-likeness (QED) is 0.248. The fourth-order valence-corrected chi connectivity index (χ4v) is 4.40. The summed E-state index contributed by atoms with van der Waals surface area (Å²) >= 11 is 1.25. The number of hydrogen-bond acceptors (Lipinski definition) is 8. The van der Waals surface area contributed by atoms with Crippen LogP contribution in [0.25, 0.3) is 6.08 Å². The molecule has 0 atom stereocenters. The minimum Gasteiger partial charge on any atom is -0.450 e. The number of amides is 1. The smallest absolute Gasteiger partial charge is 0.318 e. The number of nitrogens with zero attached hydrogens (tertiary/aromatic N) is 3. The average Bonchev–Trinajstić information content (AvgIpc) is 3.17. The van der Waals surface area contributed by atoms with Gasteiger partial charge in [-0.3, -0.25) is 30.0 Å². The molecule has 182 valence electrons. The van der Waals surface area contributed by atoms with E-state index in [-0.39, 0.29) is 11.7 Å². The number of carbonyl (C=O) groups excluding carboxylic acids is 1. The summed E-state index contributed by atoms with van der Waals surface area (Å²) in [6.07, 6.45) is 1.71. The van der Waals surface area contributed by atoms with Crippen LogP contribution in [0.1, 0.15) is 22.3 Å². The lowest BCUT2D eigenvalue weighted by atomic mass is 10.1. The zero-order valence-corrected chi connectivity index (χ0v) is 20.1. The van der Waals surface area contributed by atoms with Crippen molar-refractivity contribution < 1.29 is 19.4 Å². The molecule has 0 bridgehead atoms. The largest absolute Gasteiger partial charge is 0.450 e. The van der Waals surface area contributed by atoms with Crippen LogP contribution in [0.4, 0.5) is 11.4 Å². The van der Waals surface area contributed by atoms with Crippen molar-refractivity contribution in [1.29, 1.82) is 0 Å². The van der Waals surface area contributed by atoms with Gasteiger partial charge in [0.05, 0.1) is 27.4 Å². The molecule has 0 aliphatic carbocycles. The molecule has 1 amide bonds. The predicted octanol–water partition coefficient (Wildman–Crippen LogP) is 5.67. The molecule has 1 N–H and O–H groups in total. The van der Waals surface area contributed by atoms with E-state index in [2.05, 4.69) is 28.5 Å². The Morgan fingerprint density at radius 1 is 0.972 bits per heavy atom. The van der Waals surface area contributed by atoms with E-state index in [1.54, 1.807) is 30.3 Å². The van der Waals surface area contributed by atoms with Gasteiger partial charge in [-0.25, -0.2) is 0 Å². The Morgan fingerprint density at radius 3 is 2.31 bits per heavy atom. The number of aryl methyl sites for hydroxylation is 2. The van der Waals surface area contributed by atoms with E-state index >= 15 is 0 Å². The van der Waals surface area contributed by atoms with Crippen LogP contribution in [-0.4, -0.2) is 20.9 Å². The molecule has 0 aromatic heterocycles. The van der Waals surface area contributed by atoms with Crippen molar-refractivity contribution in [2.75, 3.05) is 0 Å². The lowest BCUT2D eigenvalue weighted by molar-refractivity contribution is -0.394. The van der Waals surface area contributed by atoms with E-state index < -0.39 is 21.2 Å². The first-order valence-electron chi connectivity index (χ1n) is 10.7. The normalized spacial score (nSPS) is 15.2. The molecule has 11 heteroatoms. The number of nitro benzene ring substituents is 2. The lowest BCUT2D eigenvalue weighted by Gasteiger charge is -2.06. The molecule has 1 saturated heterocycles. The van der Waals surface area contributed by atoms with Crippen LogP contribution in [0, 0.1) is 34.1 Å². The van der Waals surface area contributed by atoms with E-state index in [4.69, 9.17) is 4.74 Å².